The summed E-state index contributed by atoms with van der Waals surface area (Å²) in [5, 5.41) is 14.9. The molecule has 2 aromatic rings. The van der Waals surface area contributed by atoms with Gasteiger partial charge in [0, 0.05) is 25.0 Å². The van der Waals surface area contributed by atoms with Crippen LogP contribution in [0.3, 0.4) is 0 Å². The summed E-state index contributed by atoms with van der Waals surface area (Å²) < 4.78 is 3.53. The molecule has 1 amide bonds. The Balaban J connectivity index is 2.01. The molecule has 1 unspecified atom stereocenters. The fourth-order valence-electron chi connectivity index (χ4n) is 2.38. The monoisotopic (exact) mass is 362 g/mol. The maximum atomic E-state index is 12.6. The van der Waals surface area contributed by atoms with Gasteiger partial charge in [0.1, 0.15) is 6.54 Å². The van der Waals surface area contributed by atoms with Gasteiger partial charge in [-0.25, -0.2) is 9.67 Å². The standard InChI is InChI=1S/C17H30N8O/c1-13(2)23(6)10-15-20-21-22-25(15)11-16(26)19-14(17(3,4)5)9-24-8-7-18-12-24/h7-8,12-14H,9-11H2,1-6H3,(H,19,26). The first-order valence-corrected chi connectivity index (χ1v) is 8.87. The number of amides is 1. The van der Waals surface area contributed by atoms with Gasteiger partial charge in [0.2, 0.25) is 5.91 Å². The minimum absolute atomic E-state index is 0.0394. The van der Waals surface area contributed by atoms with Gasteiger partial charge in [-0.05, 0) is 36.7 Å². The van der Waals surface area contributed by atoms with E-state index in [0.29, 0.717) is 25.0 Å². The van der Waals surface area contributed by atoms with Crippen molar-refractivity contribution in [1.82, 2.24) is 40.0 Å². The quantitative estimate of drug-likeness (QED) is 0.751. The SMILES string of the molecule is CC(C)N(C)Cc1nnnn1CC(=O)NC(Cn1ccnc1)C(C)(C)C. The first-order chi connectivity index (χ1) is 12.2. The summed E-state index contributed by atoms with van der Waals surface area (Å²) in [7, 11) is 2.00. The molecule has 0 saturated carbocycles. The topological polar surface area (TPSA) is 93.8 Å². The molecule has 0 aliphatic heterocycles. The van der Waals surface area contributed by atoms with Crippen molar-refractivity contribution >= 4 is 5.91 Å². The van der Waals surface area contributed by atoms with Crippen LogP contribution < -0.4 is 5.32 Å². The molecule has 1 atom stereocenters. The summed E-state index contributed by atoms with van der Waals surface area (Å²) in [6.07, 6.45) is 5.39. The Labute approximate surface area is 154 Å². The van der Waals surface area contributed by atoms with E-state index in [1.165, 1.54) is 0 Å². The van der Waals surface area contributed by atoms with E-state index in [0.717, 1.165) is 0 Å². The van der Waals surface area contributed by atoms with Gasteiger partial charge < -0.3 is 9.88 Å². The molecule has 144 valence electrons. The number of tetrazole rings is 1. The molecule has 2 heterocycles. The highest BCUT2D eigenvalue weighted by Gasteiger charge is 2.27. The van der Waals surface area contributed by atoms with E-state index in [4.69, 9.17) is 0 Å². The van der Waals surface area contributed by atoms with Crippen LogP contribution in [0.2, 0.25) is 0 Å². The largest absolute Gasteiger partial charge is 0.349 e. The molecule has 0 aliphatic carbocycles. The molecular weight excluding hydrogens is 332 g/mol. The summed E-state index contributed by atoms with van der Waals surface area (Å²) in [6.45, 7) is 11.9. The van der Waals surface area contributed by atoms with Gasteiger partial charge in [0.05, 0.1) is 18.9 Å². The molecule has 9 heteroatoms. The molecule has 0 saturated heterocycles. The molecule has 9 nitrogen and oxygen atoms in total. The third kappa shape index (κ3) is 5.62. The average Bonchev–Trinajstić information content (AvgIpc) is 3.18. The number of rotatable bonds is 8. The highest BCUT2D eigenvalue weighted by Crippen LogP contribution is 2.20. The first kappa shape index (κ1) is 20.0. The molecule has 2 aromatic heterocycles. The predicted molar refractivity (Wildman–Crippen MR) is 98.0 cm³/mol. The number of nitrogens with zero attached hydrogens (tertiary/aromatic N) is 7. The Morgan fingerprint density at radius 3 is 2.65 bits per heavy atom. The predicted octanol–water partition coefficient (Wildman–Crippen LogP) is 0.941. The van der Waals surface area contributed by atoms with Crippen molar-refractivity contribution in [1.29, 1.82) is 0 Å². The molecule has 0 radical (unpaired) electrons. The van der Waals surface area contributed by atoms with E-state index in [-0.39, 0.29) is 23.9 Å². The number of hydrogen-bond acceptors (Lipinski definition) is 6. The van der Waals surface area contributed by atoms with Crippen LogP contribution in [-0.2, 0) is 24.4 Å². The minimum atomic E-state index is -0.106. The average molecular weight is 362 g/mol. The van der Waals surface area contributed by atoms with Crippen LogP contribution in [0.15, 0.2) is 18.7 Å². The Bertz CT molecular complexity index is 686. The van der Waals surface area contributed by atoms with Crippen LogP contribution in [0.1, 0.15) is 40.4 Å². The highest BCUT2D eigenvalue weighted by atomic mass is 16.2. The summed E-state index contributed by atoms with van der Waals surface area (Å²) in [6, 6.07) is 0.330. The van der Waals surface area contributed by atoms with Gasteiger partial charge in [-0.1, -0.05) is 20.8 Å². The fraction of sp³-hybridized carbons (Fsp3) is 0.706. The Morgan fingerprint density at radius 2 is 2.08 bits per heavy atom. The molecule has 2 rings (SSSR count). The van der Waals surface area contributed by atoms with E-state index in [9.17, 15) is 4.79 Å². The minimum Gasteiger partial charge on any atom is -0.349 e. The maximum absolute atomic E-state index is 12.6. The fourth-order valence-corrected chi connectivity index (χ4v) is 2.38. The number of carbonyl (C=O) groups excluding carboxylic acids is 1. The number of imidazole rings is 1. The van der Waals surface area contributed by atoms with Crippen LogP contribution in [-0.4, -0.2) is 59.7 Å². The Morgan fingerprint density at radius 1 is 1.35 bits per heavy atom. The van der Waals surface area contributed by atoms with Gasteiger partial charge in [-0.3, -0.25) is 9.69 Å². The summed E-state index contributed by atoms with van der Waals surface area (Å²) in [4.78, 5) is 18.8. The lowest BCUT2D eigenvalue weighted by Gasteiger charge is -2.31. The van der Waals surface area contributed by atoms with Gasteiger partial charge in [0.15, 0.2) is 5.82 Å². The van der Waals surface area contributed by atoms with Crippen molar-refractivity contribution in [2.24, 2.45) is 5.41 Å². The zero-order valence-corrected chi connectivity index (χ0v) is 16.5. The van der Waals surface area contributed by atoms with Crippen molar-refractivity contribution < 1.29 is 4.79 Å². The zero-order chi connectivity index (χ0) is 19.3. The van der Waals surface area contributed by atoms with E-state index < -0.39 is 0 Å². The number of carbonyl (C=O) groups is 1. The molecule has 0 aliphatic rings. The lowest BCUT2D eigenvalue weighted by atomic mass is 9.86. The summed E-state index contributed by atoms with van der Waals surface area (Å²) >= 11 is 0. The Kier molecular flexibility index (Phi) is 6.47. The van der Waals surface area contributed by atoms with Crippen LogP contribution in [0, 0.1) is 5.41 Å². The second-order valence-corrected chi connectivity index (χ2v) is 8.01. The third-order valence-electron chi connectivity index (χ3n) is 4.50. The lowest BCUT2D eigenvalue weighted by Crippen LogP contribution is -2.47. The van der Waals surface area contributed by atoms with Gasteiger partial charge in [-0.15, -0.1) is 5.10 Å². The second kappa shape index (κ2) is 8.39. The summed E-state index contributed by atoms with van der Waals surface area (Å²) in [5.41, 5.74) is -0.0960. The highest BCUT2D eigenvalue weighted by molar-refractivity contribution is 5.76. The molecule has 0 bridgehead atoms. The molecule has 1 N–H and O–H groups in total. The zero-order valence-electron chi connectivity index (χ0n) is 16.5. The number of hydrogen-bond donors (Lipinski definition) is 1. The van der Waals surface area contributed by atoms with E-state index in [1.807, 2.05) is 17.8 Å². The van der Waals surface area contributed by atoms with Gasteiger partial charge >= 0.3 is 0 Å². The normalized spacial score (nSPS) is 13.4. The molecule has 26 heavy (non-hydrogen) atoms. The molecule has 0 aromatic carbocycles. The van der Waals surface area contributed by atoms with Crippen molar-refractivity contribution in [3.05, 3.63) is 24.5 Å². The smallest absolute Gasteiger partial charge is 0.242 e. The van der Waals surface area contributed by atoms with Gasteiger partial charge in [-0.2, -0.15) is 0 Å². The summed E-state index contributed by atoms with van der Waals surface area (Å²) in [5.74, 6) is 0.573. The van der Waals surface area contributed by atoms with Gasteiger partial charge in [0.25, 0.3) is 0 Å². The van der Waals surface area contributed by atoms with Crippen LogP contribution >= 0.6 is 0 Å². The van der Waals surface area contributed by atoms with Crippen molar-refractivity contribution in [3.63, 3.8) is 0 Å². The van der Waals surface area contributed by atoms with E-state index in [1.54, 1.807) is 17.2 Å². The lowest BCUT2D eigenvalue weighted by molar-refractivity contribution is -0.123. The number of aromatic nitrogens is 6. The van der Waals surface area contributed by atoms with Crippen molar-refractivity contribution in [2.45, 2.75) is 66.3 Å². The number of nitrogens with one attached hydrogen (secondary N) is 1. The first-order valence-electron chi connectivity index (χ1n) is 8.87. The maximum Gasteiger partial charge on any atom is 0.242 e. The third-order valence-corrected chi connectivity index (χ3v) is 4.50. The second-order valence-electron chi connectivity index (χ2n) is 8.01. The molecule has 0 fully saturated rings. The van der Waals surface area contributed by atoms with E-state index in [2.05, 4.69) is 65.3 Å². The Hall–Kier alpha value is -2.29. The van der Waals surface area contributed by atoms with E-state index >= 15 is 0 Å². The molecule has 0 spiro atoms. The van der Waals surface area contributed by atoms with Crippen LogP contribution in [0.25, 0.3) is 0 Å². The van der Waals surface area contributed by atoms with Crippen molar-refractivity contribution in [2.75, 3.05) is 7.05 Å². The van der Waals surface area contributed by atoms with Crippen LogP contribution in [0.5, 0.6) is 0 Å². The van der Waals surface area contributed by atoms with Crippen molar-refractivity contribution in [3.8, 4) is 0 Å². The molecular formula is C17H30N8O. The van der Waals surface area contributed by atoms with Crippen LogP contribution in [0.4, 0.5) is 0 Å².